The number of pyridine rings is 1. The van der Waals surface area contributed by atoms with E-state index in [0.29, 0.717) is 11.4 Å². The summed E-state index contributed by atoms with van der Waals surface area (Å²) in [6, 6.07) is 14.1. The van der Waals surface area contributed by atoms with Crippen LogP contribution in [0.5, 0.6) is 0 Å². The lowest BCUT2D eigenvalue weighted by atomic mass is 10.1. The summed E-state index contributed by atoms with van der Waals surface area (Å²) in [6.45, 7) is 3.86. The molecule has 0 bridgehead atoms. The number of aromatic nitrogens is 2. The molecule has 0 spiro atoms. The molecule has 0 aliphatic rings. The third-order valence-electron chi connectivity index (χ3n) is 4.34. The summed E-state index contributed by atoms with van der Waals surface area (Å²) in [5.41, 5.74) is 4.64. The van der Waals surface area contributed by atoms with E-state index >= 15 is 0 Å². The smallest absolute Gasteiger partial charge is 0.271 e. The Morgan fingerprint density at radius 3 is 2.69 bits per heavy atom. The molecule has 0 radical (unpaired) electrons. The zero-order valence-electron chi connectivity index (χ0n) is 14.2. The standard InChI is InChI=1S/C19H15N5O2/c1-11-17-15-8-3-4-9-16(15)21-19(17)20-12(2)18(11)23-22-13-6-5-7-14(10-13)24(25)26/h3-10H,1-2H3,(H,20,21). The number of hydrogen-bond acceptors (Lipinski definition) is 5. The average Bonchev–Trinajstić information content (AvgIpc) is 2.99. The van der Waals surface area contributed by atoms with Gasteiger partial charge in [-0.25, -0.2) is 4.98 Å². The molecule has 0 saturated heterocycles. The van der Waals surface area contributed by atoms with Crippen LogP contribution in [-0.2, 0) is 0 Å². The second kappa shape index (κ2) is 6.03. The van der Waals surface area contributed by atoms with Gasteiger partial charge in [0.2, 0.25) is 0 Å². The Morgan fingerprint density at radius 1 is 1.08 bits per heavy atom. The van der Waals surface area contributed by atoms with Gasteiger partial charge in [-0.05, 0) is 31.5 Å². The van der Waals surface area contributed by atoms with Gasteiger partial charge in [-0.2, -0.15) is 5.11 Å². The van der Waals surface area contributed by atoms with Gasteiger partial charge in [0.25, 0.3) is 5.69 Å². The van der Waals surface area contributed by atoms with Crippen LogP contribution < -0.4 is 0 Å². The summed E-state index contributed by atoms with van der Waals surface area (Å²) in [5, 5.41) is 21.5. The number of aryl methyl sites for hydroxylation is 2. The molecule has 0 atom stereocenters. The van der Waals surface area contributed by atoms with Crippen molar-refractivity contribution < 1.29 is 4.92 Å². The molecule has 0 fully saturated rings. The van der Waals surface area contributed by atoms with Gasteiger partial charge in [-0.3, -0.25) is 10.1 Å². The van der Waals surface area contributed by atoms with E-state index in [-0.39, 0.29) is 5.69 Å². The third-order valence-corrected chi connectivity index (χ3v) is 4.34. The molecular weight excluding hydrogens is 330 g/mol. The Bertz CT molecular complexity index is 1190. The molecule has 26 heavy (non-hydrogen) atoms. The monoisotopic (exact) mass is 345 g/mol. The predicted octanol–water partition coefficient (Wildman–Crippen LogP) is 5.66. The van der Waals surface area contributed by atoms with Crippen LogP contribution >= 0.6 is 0 Å². The number of rotatable bonds is 3. The highest BCUT2D eigenvalue weighted by molar-refractivity contribution is 6.08. The minimum absolute atomic E-state index is 0.0138. The largest absolute Gasteiger partial charge is 0.339 e. The van der Waals surface area contributed by atoms with E-state index in [0.717, 1.165) is 33.2 Å². The number of hydrogen-bond donors (Lipinski definition) is 1. The van der Waals surface area contributed by atoms with Crippen molar-refractivity contribution in [2.24, 2.45) is 10.2 Å². The second-order valence-corrected chi connectivity index (χ2v) is 6.04. The highest BCUT2D eigenvalue weighted by Gasteiger charge is 2.14. The normalized spacial score (nSPS) is 11.6. The number of non-ortho nitro benzene ring substituents is 1. The summed E-state index contributed by atoms with van der Waals surface area (Å²) >= 11 is 0. The van der Waals surface area contributed by atoms with Gasteiger partial charge in [0.05, 0.1) is 16.3 Å². The zero-order chi connectivity index (χ0) is 18.3. The topological polar surface area (TPSA) is 96.5 Å². The number of aromatic amines is 1. The fourth-order valence-electron chi connectivity index (χ4n) is 3.13. The lowest BCUT2D eigenvalue weighted by Gasteiger charge is -2.05. The molecule has 4 rings (SSSR count). The maximum absolute atomic E-state index is 10.9. The van der Waals surface area contributed by atoms with Crippen LogP contribution in [0.15, 0.2) is 58.8 Å². The van der Waals surface area contributed by atoms with Crippen molar-refractivity contribution in [2.75, 3.05) is 0 Å². The van der Waals surface area contributed by atoms with Crippen molar-refractivity contribution in [3.63, 3.8) is 0 Å². The molecule has 4 aromatic rings. The quantitative estimate of drug-likeness (QED) is 0.295. The molecule has 7 nitrogen and oxygen atoms in total. The van der Waals surface area contributed by atoms with E-state index in [9.17, 15) is 10.1 Å². The number of nitrogens with one attached hydrogen (secondary N) is 1. The molecule has 0 aliphatic heterocycles. The molecule has 2 aromatic carbocycles. The highest BCUT2D eigenvalue weighted by atomic mass is 16.6. The minimum atomic E-state index is -0.449. The van der Waals surface area contributed by atoms with Crippen LogP contribution in [0.2, 0.25) is 0 Å². The Kier molecular flexibility index (Phi) is 3.69. The van der Waals surface area contributed by atoms with Gasteiger partial charge in [0, 0.05) is 28.4 Å². The number of para-hydroxylation sites is 1. The molecule has 7 heteroatoms. The van der Waals surface area contributed by atoms with Crippen molar-refractivity contribution in [2.45, 2.75) is 13.8 Å². The highest BCUT2D eigenvalue weighted by Crippen LogP contribution is 2.35. The van der Waals surface area contributed by atoms with Crippen LogP contribution in [0.1, 0.15) is 11.3 Å². The number of benzene rings is 2. The SMILES string of the molecule is Cc1nc2[nH]c3ccccc3c2c(C)c1N=Nc1cccc([N+](=O)[O-])c1. The molecule has 2 aromatic heterocycles. The van der Waals surface area contributed by atoms with Crippen LogP contribution in [0.3, 0.4) is 0 Å². The lowest BCUT2D eigenvalue weighted by molar-refractivity contribution is -0.384. The first-order chi connectivity index (χ1) is 12.5. The van der Waals surface area contributed by atoms with E-state index in [2.05, 4.69) is 20.2 Å². The van der Waals surface area contributed by atoms with E-state index < -0.39 is 4.92 Å². The number of nitro benzene ring substituents is 1. The summed E-state index contributed by atoms with van der Waals surface area (Å²) < 4.78 is 0. The minimum Gasteiger partial charge on any atom is -0.339 e. The molecule has 128 valence electrons. The fourth-order valence-corrected chi connectivity index (χ4v) is 3.13. The summed E-state index contributed by atoms with van der Waals surface area (Å²) in [4.78, 5) is 18.4. The van der Waals surface area contributed by atoms with E-state index in [1.165, 1.54) is 12.1 Å². The number of nitrogens with zero attached hydrogens (tertiary/aromatic N) is 4. The second-order valence-electron chi connectivity index (χ2n) is 6.04. The van der Waals surface area contributed by atoms with Crippen LogP contribution in [0.4, 0.5) is 17.1 Å². The van der Waals surface area contributed by atoms with Crippen LogP contribution in [0, 0.1) is 24.0 Å². The zero-order valence-corrected chi connectivity index (χ0v) is 14.2. The number of H-pyrrole nitrogens is 1. The van der Waals surface area contributed by atoms with Gasteiger partial charge < -0.3 is 4.98 Å². The predicted molar refractivity (Wildman–Crippen MR) is 100 cm³/mol. The van der Waals surface area contributed by atoms with Crippen molar-refractivity contribution in [1.29, 1.82) is 0 Å². The van der Waals surface area contributed by atoms with Gasteiger partial charge in [0.15, 0.2) is 0 Å². The number of nitro groups is 1. The summed E-state index contributed by atoms with van der Waals surface area (Å²) in [6.07, 6.45) is 0. The Hall–Kier alpha value is -3.61. The first-order valence-electron chi connectivity index (χ1n) is 8.08. The van der Waals surface area contributed by atoms with Crippen molar-refractivity contribution in [3.8, 4) is 0 Å². The van der Waals surface area contributed by atoms with Gasteiger partial charge >= 0.3 is 0 Å². The number of azo groups is 1. The lowest BCUT2D eigenvalue weighted by Crippen LogP contribution is -1.88. The van der Waals surface area contributed by atoms with Gasteiger partial charge in [-0.1, -0.05) is 24.3 Å². The summed E-state index contributed by atoms with van der Waals surface area (Å²) in [7, 11) is 0. The van der Waals surface area contributed by atoms with E-state index in [1.54, 1.807) is 12.1 Å². The van der Waals surface area contributed by atoms with Crippen molar-refractivity contribution in [1.82, 2.24) is 9.97 Å². The van der Waals surface area contributed by atoms with Crippen molar-refractivity contribution in [3.05, 3.63) is 69.9 Å². The maximum atomic E-state index is 10.9. The average molecular weight is 345 g/mol. The molecular formula is C19H15N5O2. The maximum Gasteiger partial charge on any atom is 0.271 e. The molecule has 2 heterocycles. The molecule has 0 amide bonds. The van der Waals surface area contributed by atoms with Gasteiger partial charge in [-0.15, -0.1) is 5.11 Å². The van der Waals surface area contributed by atoms with Gasteiger partial charge in [0.1, 0.15) is 11.3 Å². The molecule has 0 saturated carbocycles. The Balaban J connectivity index is 1.85. The molecule has 0 unspecified atom stereocenters. The fraction of sp³-hybridized carbons (Fsp3) is 0.105. The van der Waals surface area contributed by atoms with Crippen LogP contribution in [0.25, 0.3) is 21.9 Å². The Morgan fingerprint density at radius 2 is 1.88 bits per heavy atom. The molecule has 0 aliphatic carbocycles. The Labute approximate surface area is 148 Å². The first-order valence-corrected chi connectivity index (χ1v) is 8.08. The molecule has 1 N–H and O–H groups in total. The first kappa shape index (κ1) is 15.9. The summed E-state index contributed by atoms with van der Waals surface area (Å²) in [5.74, 6) is 0. The third kappa shape index (κ3) is 2.59. The number of fused-ring (bicyclic) bond motifs is 3. The van der Waals surface area contributed by atoms with E-state index in [1.807, 2.05) is 38.1 Å². The van der Waals surface area contributed by atoms with Crippen LogP contribution in [-0.4, -0.2) is 14.9 Å². The van der Waals surface area contributed by atoms with E-state index in [4.69, 9.17) is 0 Å². The van der Waals surface area contributed by atoms with Crippen molar-refractivity contribution >= 4 is 39.0 Å².